The summed E-state index contributed by atoms with van der Waals surface area (Å²) in [5.41, 5.74) is 4.26. The molecule has 1 saturated heterocycles. The van der Waals surface area contributed by atoms with Crippen LogP contribution < -0.4 is 5.43 Å². The summed E-state index contributed by atoms with van der Waals surface area (Å²) in [6.07, 6.45) is 0. The summed E-state index contributed by atoms with van der Waals surface area (Å²) in [5, 5.41) is 4.78. The summed E-state index contributed by atoms with van der Waals surface area (Å²) < 4.78 is 5.24. The topological polar surface area (TPSA) is 53.9 Å². The molecule has 0 saturated carbocycles. The summed E-state index contributed by atoms with van der Waals surface area (Å²) in [6.45, 7) is 5.13. The van der Waals surface area contributed by atoms with Gasteiger partial charge in [0, 0.05) is 18.1 Å². The lowest BCUT2D eigenvalue weighted by molar-refractivity contribution is -0.123. The van der Waals surface area contributed by atoms with Gasteiger partial charge in [-0.25, -0.2) is 5.43 Å². The van der Waals surface area contributed by atoms with Crippen LogP contribution in [0.3, 0.4) is 0 Å². The largest absolute Gasteiger partial charge is 0.379 e. The van der Waals surface area contributed by atoms with Crippen LogP contribution in [0.5, 0.6) is 0 Å². The number of nitrogens with one attached hydrogen (secondary N) is 1. The Kier molecular flexibility index (Phi) is 5.52. The minimum Gasteiger partial charge on any atom is -0.379 e. The van der Waals surface area contributed by atoms with Crippen molar-refractivity contribution in [3.05, 3.63) is 34.9 Å². The van der Waals surface area contributed by atoms with Gasteiger partial charge < -0.3 is 4.74 Å². The summed E-state index contributed by atoms with van der Waals surface area (Å²) in [5.74, 6) is -0.111. The van der Waals surface area contributed by atoms with Crippen LogP contribution in [0.2, 0.25) is 5.02 Å². The molecular formula is C14H18ClN3O2. The van der Waals surface area contributed by atoms with Gasteiger partial charge in [0.15, 0.2) is 0 Å². The van der Waals surface area contributed by atoms with E-state index < -0.39 is 0 Å². The zero-order chi connectivity index (χ0) is 14.4. The Balaban J connectivity index is 1.84. The number of amides is 1. The van der Waals surface area contributed by atoms with E-state index in [-0.39, 0.29) is 5.91 Å². The normalized spacial score (nSPS) is 17.0. The molecule has 1 fully saturated rings. The van der Waals surface area contributed by atoms with Crippen LogP contribution in [0.15, 0.2) is 29.4 Å². The summed E-state index contributed by atoms with van der Waals surface area (Å²) in [7, 11) is 0. The van der Waals surface area contributed by atoms with Crippen LogP contribution in [0.1, 0.15) is 12.5 Å². The van der Waals surface area contributed by atoms with Crippen LogP contribution >= 0.6 is 11.6 Å². The second kappa shape index (κ2) is 7.38. The highest BCUT2D eigenvalue weighted by Crippen LogP contribution is 2.10. The molecule has 1 aliphatic heterocycles. The van der Waals surface area contributed by atoms with E-state index in [1.54, 1.807) is 12.1 Å². The van der Waals surface area contributed by atoms with Gasteiger partial charge in [0.2, 0.25) is 0 Å². The molecule has 2 rings (SSSR count). The van der Waals surface area contributed by atoms with E-state index in [2.05, 4.69) is 10.5 Å². The van der Waals surface area contributed by atoms with Crippen LogP contribution in [-0.2, 0) is 9.53 Å². The Morgan fingerprint density at radius 3 is 2.65 bits per heavy atom. The maximum atomic E-state index is 11.8. The number of carbonyl (C=O) groups is 1. The number of ether oxygens (including phenoxy) is 1. The third kappa shape index (κ3) is 4.59. The second-order valence-electron chi connectivity index (χ2n) is 4.63. The molecular weight excluding hydrogens is 278 g/mol. The van der Waals surface area contributed by atoms with E-state index in [1.165, 1.54) is 0 Å². The first-order valence-corrected chi connectivity index (χ1v) is 6.92. The molecule has 1 amide bonds. The predicted molar refractivity (Wildman–Crippen MR) is 79.1 cm³/mol. The molecule has 1 aromatic rings. The van der Waals surface area contributed by atoms with Crippen molar-refractivity contribution in [3.63, 3.8) is 0 Å². The smallest absolute Gasteiger partial charge is 0.254 e. The first kappa shape index (κ1) is 15.0. The van der Waals surface area contributed by atoms with E-state index in [0.717, 1.165) is 24.4 Å². The highest BCUT2D eigenvalue weighted by molar-refractivity contribution is 6.30. The third-order valence-corrected chi connectivity index (χ3v) is 3.33. The maximum absolute atomic E-state index is 11.8. The number of carbonyl (C=O) groups excluding carboxylic acids is 1. The fourth-order valence-corrected chi connectivity index (χ4v) is 2.03. The van der Waals surface area contributed by atoms with Crippen molar-refractivity contribution >= 4 is 23.2 Å². The average molecular weight is 296 g/mol. The van der Waals surface area contributed by atoms with Crippen molar-refractivity contribution in [2.24, 2.45) is 5.10 Å². The van der Waals surface area contributed by atoms with Crippen molar-refractivity contribution < 1.29 is 9.53 Å². The van der Waals surface area contributed by atoms with Crippen LogP contribution in [0.4, 0.5) is 0 Å². The van der Waals surface area contributed by atoms with Gasteiger partial charge in [-0.2, -0.15) is 5.10 Å². The molecule has 0 unspecified atom stereocenters. The lowest BCUT2D eigenvalue weighted by Crippen LogP contribution is -2.42. The van der Waals surface area contributed by atoms with Gasteiger partial charge in [0.05, 0.1) is 25.5 Å². The molecule has 6 heteroatoms. The van der Waals surface area contributed by atoms with E-state index in [9.17, 15) is 4.79 Å². The first-order valence-electron chi connectivity index (χ1n) is 6.54. The van der Waals surface area contributed by atoms with Crippen LogP contribution in [0, 0.1) is 0 Å². The fourth-order valence-electron chi connectivity index (χ4n) is 1.90. The second-order valence-corrected chi connectivity index (χ2v) is 5.06. The van der Waals surface area contributed by atoms with Gasteiger partial charge in [-0.1, -0.05) is 23.7 Å². The number of benzene rings is 1. The minimum absolute atomic E-state index is 0.111. The predicted octanol–water partition coefficient (Wildman–Crippen LogP) is 1.51. The Bertz CT molecular complexity index is 482. The Labute approximate surface area is 123 Å². The number of rotatable bonds is 4. The lowest BCUT2D eigenvalue weighted by atomic mass is 10.1. The van der Waals surface area contributed by atoms with Crippen molar-refractivity contribution in [3.8, 4) is 0 Å². The molecule has 0 spiro atoms. The van der Waals surface area contributed by atoms with E-state index in [4.69, 9.17) is 16.3 Å². The van der Waals surface area contributed by atoms with E-state index in [0.29, 0.717) is 24.8 Å². The summed E-state index contributed by atoms with van der Waals surface area (Å²) >= 11 is 5.83. The zero-order valence-corrected chi connectivity index (χ0v) is 12.2. The molecule has 0 atom stereocenters. The van der Waals surface area contributed by atoms with Gasteiger partial charge in [0.25, 0.3) is 5.91 Å². The van der Waals surface area contributed by atoms with Gasteiger partial charge in [-0.15, -0.1) is 0 Å². The quantitative estimate of drug-likeness (QED) is 0.677. The Morgan fingerprint density at radius 2 is 2.00 bits per heavy atom. The SMILES string of the molecule is C/C(=N\NC(=O)CN1CCOCC1)c1ccc(Cl)cc1. The first-order chi connectivity index (χ1) is 9.65. The van der Waals surface area contributed by atoms with Gasteiger partial charge >= 0.3 is 0 Å². The highest BCUT2D eigenvalue weighted by atomic mass is 35.5. The zero-order valence-electron chi connectivity index (χ0n) is 11.4. The highest BCUT2D eigenvalue weighted by Gasteiger charge is 2.13. The molecule has 20 heavy (non-hydrogen) atoms. The van der Waals surface area contributed by atoms with E-state index in [1.807, 2.05) is 24.0 Å². The minimum atomic E-state index is -0.111. The molecule has 0 aliphatic carbocycles. The van der Waals surface area contributed by atoms with E-state index >= 15 is 0 Å². The Hall–Kier alpha value is -1.43. The molecule has 1 aromatic carbocycles. The lowest BCUT2D eigenvalue weighted by Gasteiger charge is -2.25. The molecule has 0 aromatic heterocycles. The summed E-state index contributed by atoms with van der Waals surface area (Å²) in [6, 6.07) is 7.33. The number of halogens is 1. The number of nitrogens with zero attached hydrogens (tertiary/aromatic N) is 2. The fraction of sp³-hybridized carbons (Fsp3) is 0.429. The van der Waals surface area contributed by atoms with Crippen molar-refractivity contribution in [1.82, 2.24) is 10.3 Å². The van der Waals surface area contributed by atoms with Crippen molar-refractivity contribution in [2.75, 3.05) is 32.8 Å². The standard InChI is InChI=1S/C14H18ClN3O2/c1-11(12-2-4-13(15)5-3-12)16-17-14(19)10-18-6-8-20-9-7-18/h2-5H,6-10H2,1H3,(H,17,19)/b16-11+. The molecule has 5 nitrogen and oxygen atoms in total. The monoisotopic (exact) mass is 295 g/mol. The third-order valence-electron chi connectivity index (χ3n) is 3.08. The van der Waals surface area contributed by atoms with Crippen molar-refractivity contribution in [1.29, 1.82) is 0 Å². The number of morpholine rings is 1. The Morgan fingerprint density at radius 1 is 1.35 bits per heavy atom. The molecule has 0 radical (unpaired) electrons. The molecule has 1 heterocycles. The summed E-state index contributed by atoms with van der Waals surface area (Å²) in [4.78, 5) is 13.8. The maximum Gasteiger partial charge on any atom is 0.254 e. The molecule has 108 valence electrons. The molecule has 1 aliphatic rings. The number of hydrazone groups is 1. The van der Waals surface area contributed by atoms with Crippen LogP contribution in [-0.4, -0.2) is 49.4 Å². The van der Waals surface area contributed by atoms with Crippen LogP contribution in [0.25, 0.3) is 0 Å². The number of hydrogen-bond donors (Lipinski definition) is 1. The molecule has 1 N–H and O–H groups in total. The van der Waals surface area contributed by atoms with Gasteiger partial charge in [-0.3, -0.25) is 9.69 Å². The number of hydrogen-bond acceptors (Lipinski definition) is 4. The average Bonchev–Trinajstić information content (AvgIpc) is 2.46. The van der Waals surface area contributed by atoms with Gasteiger partial charge in [0.1, 0.15) is 0 Å². The van der Waals surface area contributed by atoms with Gasteiger partial charge in [-0.05, 0) is 24.6 Å². The van der Waals surface area contributed by atoms with Crippen molar-refractivity contribution in [2.45, 2.75) is 6.92 Å². The molecule has 0 bridgehead atoms.